The lowest BCUT2D eigenvalue weighted by molar-refractivity contribution is -0.117. The van der Waals surface area contributed by atoms with Gasteiger partial charge in [0.2, 0.25) is 5.91 Å². The van der Waals surface area contributed by atoms with Gasteiger partial charge in [0.25, 0.3) is 0 Å². The van der Waals surface area contributed by atoms with Gasteiger partial charge in [0, 0.05) is 23.7 Å². The summed E-state index contributed by atoms with van der Waals surface area (Å²) in [6.07, 6.45) is 1.53. The molecule has 1 aliphatic heterocycles. The van der Waals surface area contributed by atoms with Crippen molar-refractivity contribution < 1.29 is 4.79 Å². The van der Waals surface area contributed by atoms with Gasteiger partial charge in [-0.2, -0.15) is 11.8 Å². The molecule has 0 spiro atoms. The molecule has 0 bridgehead atoms. The molecule has 1 unspecified atom stereocenters. The van der Waals surface area contributed by atoms with Crippen molar-refractivity contribution in [1.29, 1.82) is 0 Å². The van der Waals surface area contributed by atoms with Crippen LogP contribution in [0.3, 0.4) is 0 Å². The molecule has 2 heterocycles. The number of hydrogen-bond acceptors (Lipinski definition) is 6. The van der Waals surface area contributed by atoms with Crippen LogP contribution < -0.4 is 10.6 Å². The van der Waals surface area contributed by atoms with Gasteiger partial charge in [0.15, 0.2) is 0 Å². The van der Waals surface area contributed by atoms with Crippen LogP contribution in [0.25, 0.3) is 5.69 Å². The Morgan fingerprint density at radius 3 is 3.14 bits per heavy atom. The van der Waals surface area contributed by atoms with Crippen molar-refractivity contribution in [2.75, 3.05) is 23.4 Å². The largest absolute Gasteiger partial charge is 0.325 e. The molecule has 1 aromatic heterocycles. The smallest absolute Gasteiger partial charge is 0.242 e. The molecule has 7 nitrogen and oxygen atoms in total. The number of thioether (sulfide) groups is 1. The van der Waals surface area contributed by atoms with Crippen LogP contribution in [-0.2, 0) is 4.79 Å². The fourth-order valence-electron chi connectivity index (χ4n) is 2.17. The summed E-state index contributed by atoms with van der Waals surface area (Å²) in [7, 11) is 0. The maximum atomic E-state index is 12.2. The third-order valence-corrected chi connectivity index (χ3v) is 4.37. The number of carbonyl (C=O) groups is 1. The summed E-state index contributed by atoms with van der Waals surface area (Å²) in [6.45, 7) is 2.84. The zero-order valence-electron chi connectivity index (χ0n) is 11.6. The van der Waals surface area contributed by atoms with E-state index in [2.05, 4.69) is 26.2 Å². The summed E-state index contributed by atoms with van der Waals surface area (Å²) in [5.74, 6) is 1.85. The van der Waals surface area contributed by atoms with Crippen molar-refractivity contribution >= 4 is 23.4 Å². The quantitative estimate of drug-likeness (QED) is 0.864. The monoisotopic (exact) mass is 304 g/mol. The van der Waals surface area contributed by atoms with Gasteiger partial charge in [-0.15, -0.1) is 5.10 Å². The van der Waals surface area contributed by atoms with E-state index in [1.165, 1.54) is 6.33 Å². The highest BCUT2D eigenvalue weighted by molar-refractivity contribution is 7.99. The lowest BCUT2D eigenvalue weighted by atomic mass is 10.1. The second-order valence-electron chi connectivity index (χ2n) is 4.83. The zero-order valence-corrected chi connectivity index (χ0v) is 12.4. The number of nitrogens with zero attached hydrogens (tertiary/aromatic N) is 4. The van der Waals surface area contributed by atoms with E-state index in [4.69, 9.17) is 0 Å². The van der Waals surface area contributed by atoms with Gasteiger partial charge in [-0.25, -0.2) is 4.68 Å². The summed E-state index contributed by atoms with van der Waals surface area (Å²) in [5.41, 5.74) is 2.63. The molecule has 1 fully saturated rings. The third-order valence-electron chi connectivity index (χ3n) is 3.31. The number of tetrazole rings is 1. The summed E-state index contributed by atoms with van der Waals surface area (Å²) < 4.78 is 1.58. The van der Waals surface area contributed by atoms with E-state index in [1.54, 1.807) is 16.4 Å². The molecular weight excluding hydrogens is 288 g/mol. The highest BCUT2D eigenvalue weighted by Gasteiger charge is 2.21. The molecule has 110 valence electrons. The minimum Gasteiger partial charge on any atom is -0.325 e. The molecule has 2 N–H and O–H groups in total. The van der Waals surface area contributed by atoms with Gasteiger partial charge in [-0.3, -0.25) is 4.79 Å². The van der Waals surface area contributed by atoms with E-state index in [0.717, 1.165) is 35.0 Å². The Morgan fingerprint density at radius 1 is 1.52 bits per heavy atom. The van der Waals surface area contributed by atoms with Crippen LogP contribution in [0, 0.1) is 6.92 Å². The first-order valence-corrected chi connectivity index (χ1v) is 7.85. The van der Waals surface area contributed by atoms with E-state index in [-0.39, 0.29) is 11.9 Å². The molecule has 1 amide bonds. The van der Waals surface area contributed by atoms with Crippen LogP contribution in [-0.4, -0.2) is 50.2 Å². The minimum atomic E-state index is -0.137. The molecule has 21 heavy (non-hydrogen) atoms. The lowest BCUT2D eigenvalue weighted by Gasteiger charge is -2.22. The molecule has 1 saturated heterocycles. The number of benzene rings is 1. The molecule has 1 atom stereocenters. The zero-order chi connectivity index (χ0) is 14.7. The predicted molar refractivity (Wildman–Crippen MR) is 81.6 cm³/mol. The van der Waals surface area contributed by atoms with E-state index < -0.39 is 0 Å². The molecule has 0 aliphatic carbocycles. The number of carbonyl (C=O) groups excluding carboxylic acids is 1. The molecule has 2 aromatic rings. The first-order chi connectivity index (χ1) is 10.2. The van der Waals surface area contributed by atoms with E-state index in [1.807, 2.05) is 25.1 Å². The van der Waals surface area contributed by atoms with Crippen molar-refractivity contribution in [3.8, 4) is 5.69 Å². The van der Waals surface area contributed by atoms with Gasteiger partial charge < -0.3 is 10.6 Å². The van der Waals surface area contributed by atoms with Crippen molar-refractivity contribution in [2.45, 2.75) is 13.0 Å². The minimum absolute atomic E-state index is 0.00582. The Morgan fingerprint density at radius 2 is 2.43 bits per heavy atom. The second-order valence-corrected chi connectivity index (χ2v) is 5.98. The van der Waals surface area contributed by atoms with Crippen LogP contribution in [0.4, 0.5) is 5.69 Å². The van der Waals surface area contributed by atoms with Crippen LogP contribution in [0.15, 0.2) is 24.5 Å². The maximum Gasteiger partial charge on any atom is 0.242 e. The Hall–Kier alpha value is -1.93. The average Bonchev–Trinajstić information content (AvgIpc) is 3.04. The number of rotatable bonds is 3. The Kier molecular flexibility index (Phi) is 4.16. The molecule has 0 saturated carbocycles. The fourth-order valence-corrected chi connectivity index (χ4v) is 3.10. The SMILES string of the molecule is Cc1ccc(NC(=O)C2CSCCN2)cc1-n1cnnn1. The average molecular weight is 304 g/mol. The van der Waals surface area contributed by atoms with Gasteiger partial charge in [0.1, 0.15) is 6.33 Å². The summed E-state index contributed by atoms with van der Waals surface area (Å²) in [4.78, 5) is 12.2. The molecule has 1 aliphatic rings. The maximum absolute atomic E-state index is 12.2. The normalized spacial score (nSPS) is 18.4. The Bertz CT molecular complexity index is 624. The second kappa shape index (κ2) is 6.23. The highest BCUT2D eigenvalue weighted by atomic mass is 32.2. The first-order valence-electron chi connectivity index (χ1n) is 6.70. The van der Waals surface area contributed by atoms with Gasteiger partial charge in [0.05, 0.1) is 11.7 Å². The van der Waals surface area contributed by atoms with Crippen LogP contribution in [0.2, 0.25) is 0 Å². The summed E-state index contributed by atoms with van der Waals surface area (Å²) >= 11 is 1.79. The predicted octanol–water partition coefficient (Wildman–Crippen LogP) is 0.614. The molecular formula is C13H16N6OS. The number of aromatic nitrogens is 4. The Labute approximate surface area is 126 Å². The first kappa shape index (κ1) is 14.0. The van der Waals surface area contributed by atoms with Crippen molar-refractivity contribution in [2.24, 2.45) is 0 Å². The van der Waals surface area contributed by atoms with Crippen molar-refractivity contribution in [1.82, 2.24) is 25.5 Å². The summed E-state index contributed by atoms with van der Waals surface area (Å²) in [5, 5.41) is 17.3. The number of anilines is 1. The third kappa shape index (κ3) is 3.22. The van der Waals surface area contributed by atoms with Crippen molar-refractivity contribution in [3.63, 3.8) is 0 Å². The standard InChI is InChI=1S/C13H16N6OS/c1-9-2-3-10(6-12(9)19-8-15-17-18-19)16-13(20)11-7-21-5-4-14-11/h2-3,6,8,11,14H,4-5,7H2,1H3,(H,16,20). The van der Waals surface area contributed by atoms with Gasteiger partial charge in [-0.1, -0.05) is 6.07 Å². The van der Waals surface area contributed by atoms with E-state index in [0.29, 0.717) is 0 Å². The topological polar surface area (TPSA) is 84.7 Å². The number of aryl methyl sites for hydroxylation is 1. The van der Waals surface area contributed by atoms with E-state index in [9.17, 15) is 4.79 Å². The van der Waals surface area contributed by atoms with Crippen molar-refractivity contribution in [3.05, 3.63) is 30.1 Å². The molecule has 8 heteroatoms. The summed E-state index contributed by atoms with van der Waals surface area (Å²) in [6, 6.07) is 5.56. The molecule has 0 radical (unpaired) electrons. The van der Waals surface area contributed by atoms with E-state index >= 15 is 0 Å². The van der Waals surface area contributed by atoms with Crippen LogP contribution in [0.5, 0.6) is 0 Å². The highest BCUT2D eigenvalue weighted by Crippen LogP contribution is 2.19. The lowest BCUT2D eigenvalue weighted by Crippen LogP contribution is -2.46. The molecule has 3 rings (SSSR count). The van der Waals surface area contributed by atoms with Crippen LogP contribution >= 0.6 is 11.8 Å². The van der Waals surface area contributed by atoms with Crippen LogP contribution in [0.1, 0.15) is 5.56 Å². The number of nitrogens with one attached hydrogen (secondary N) is 2. The molecule has 1 aromatic carbocycles. The number of amides is 1. The fraction of sp³-hybridized carbons (Fsp3) is 0.385. The van der Waals surface area contributed by atoms with Gasteiger partial charge >= 0.3 is 0 Å². The van der Waals surface area contributed by atoms with Gasteiger partial charge in [-0.05, 0) is 35.0 Å². The Balaban J connectivity index is 1.77. The number of hydrogen-bond donors (Lipinski definition) is 2.